The molecule has 0 radical (unpaired) electrons. The highest BCUT2D eigenvalue weighted by molar-refractivity contribution is 6.31. The number of nitrogens with two attached hydrogens (primary N) is 1. The highest BCUT2D eigenvalue weighted by atomic mass is 35.5. The lowest BCUT2D eigenvalue weighted by Gasteiger charge is -2.23. The predicted molar refractivity (Wildman–Crippen MR) is 53.2 cm³/mol. The SMILES string of the molecule is N#Cc1cc2c(cc1Cl)OCCC2N. The van der Waals surface area contributed by atoms with E-state index in [1.165, 1.54) is 0 Å². The van der Waals surface area contributed by atoms with Crippen LogP contribution in [-0.4, -0.2) is 6.61 Å². The first-order valence-corrected chi connectivity index (χ1v) is 4.72. The van der Waals surface area contributed by atoms with Gasteiger partial charge in [-0.05, 0) is 6.07 Å². The van der Waals surface area contributed by atoms with E-state index in [0.29, 0.717) is 22.9 Å². The van der Waals surface area contributed by atoms with Crippen molar-refractivity contribution >= 4 is 11.6 Å². The van der Waals surface area contributed by atoms with E-state index in [4.69, 9.17) is 27.3 Å². The molecule has 0 fully saturated rings. The first-order valence-electron chi connectivity index (χ1n) is 4.34. The Morgan fingerprint density at radius 2 is 2.36 bits per heavy atom. The van der Waals surface area contributed by atoms with Crippen LogP contribution in [0.25, 0.3) is 0 Å². The zero-order valence-corrected chi connectivity index (χ0v) is 8.21. The summed E-state index contributed by atoms with van der Waals surface area (Å²) in [7, 11) is 0. The molecular weight excluding hydrogens is 200 g/mol. The Hall–Kier alpha value is -1.24. The minimum Gasteiger partial charge on any atom is -0.493 e. The maximum atomic E-state index is 8.79. The summed E-state index contributed by atoms with van der Waals surface area (Å²) in [6.07, 6.45) is 0.777. The zero-order chi connectivity index (χ0) is 10.1. The van der Waals surface area contributed by atoms with Gasteiger partial charge in [-0.15, -0.1) is 0 Å². The van der Waals surface area contributed by atoms with Crippen LogP contribution in [0.2, 0.25) is 5.02 Å². The van der Waals surface area contributed by atoms with Crippen LogP contribution in [0.15, 0.2) is 12.1 Å². The number of nitrogens with zero attached hydrogens (tertiary/aromatic N) is 1. The highest BCUT2D eigenvalue weighted by Crippen LogP contribution is 2.34. The number of hydrogen-bond donors (Lipinski definition) is 1. The Balaban J connectivity index is 2.56. The lowest BCUT2D eigenvalue weighted by molar-refractivity contribution is 0.269. The number of halogens is 1. The highest BCUT2D eigenvalue weighted by Gasteiger charge is 2.19. The van der Waals surface area contributed by atoms with Crippen molar-refractivity contribution in [2.75, 3.05) is 6.61 Å². The smallest absolute Gasteiger partial charge is 0.125 e. The molecule has 1 aromatic carbocycles. The summed E-state index contributed by atoms with van der Waals surface area (Å²) in [5.41, 5.74) is 7.21. The van der Waals surface area contributed by atoms with E-state index in [-0.39, 0.29) is 6.04 Å². The molecule has 4 heteroatoms. The summed E-state index contributed by atoms with van der Waals surface area (Å²) in [4.78, 5) is 0. The van der Waals surface area contributed by atoms with Crippen LogP contribution in [0.1, 0.15) is 23.6 Å². The van der Waals surface area contributed by atoms with E-state index in [0.717, 1.165) is 12.0 Å². The predicted octanol–water partition coefficient (Wildman–Crippen LogP) is 1.99. The Bertz CT molecular complexity index is 411. The molecule has 0 saturated heterocycles. The first-order chi connectivity index (χ1) is 6.72. The third kappa shape index (κ3) is 1.43. The standard InChI is InChI=1S/C10H9ClN2O/c11-8-4-10-7(3-6(8)5-12)9(13)1-2-14-10/h3-4,9H,1-2,13H2. The molecule has 2 N–H and O–H groups in total. The molecule has 0 aliphatic carbocycles. The molecular formula is C10H9ClN2O. The van der Waals surface area contributed by atoms with Crippen molar-refractivity contribution in [2.24, 2.45) is 5.73 Å². The fourth-order valence-corrected chi connectivity index (χ4v) is 1.72. The normalized spacial score (nSPS) is 19.4. The molecule has 0 aromatic heterocycles. The van der Waals surface area contributed by atoms with Gasteiger partial charge in [0.15, 0.2) is 0 Å². The van der Waals surface area contributed by atoms with E-state index in [1.807, 2.05) is 6.07 Å². The van der Waals surface area contributed by atoms with Crippen LogP contribution in [0, 0.1) is 11.3 Å². The van der Waals surface area contributed by atoms with Crippen molar-refractivity contribution in [3.8, 4) is 11.8 Å². The van der Waals surface area contributed by atoms with Crippen molar-refractivity contribution < 1.29 is 4.74 Å². The molecule has 0 saturated carbocycles. The van der Waals surface area contributed by atoms with Gasteiger partial charge in [0.25, 0.3) is 0 Å². The summed E-state index contributed by atoms with van der Waals surface area (Å²) in [5, 5.41) is 9.21. The van der Waals surface area contributed by atoms with Gasteiger partial charge in [0.1, 0.15) is 11.8 Å². The second-order valence-electron chi connectivity index (χ2n) is 3.23. The van der Waals surface area contributed by atoms with Gasteiger partial charge in [-0.3, -0.25) is 0 Å². The largest absolute Gasteiger partial charge is 0.493 e. The van der Waals surface area contributed by atoms with Gasteiger partial charge in [0.05, 0.1) is 17.2 Å². The number of ether oxygens (including phenoxy) is 1. The molecule has 1 atom stereocenters. The monoisotopic (exact) mass is 208 g/mol. The number of nitriles is 1. The molecule has 1 aliphatic heterocycles. The van der Waals surface area contributed by atoms with Crippen molar-refractivity contribution in [3.63, 3.8) is 0 Å². The number of benzene rings is 1. The Kier molecular flexibility index (Phi) is 2.32. The summed E-state index contributed by atoms with van der Waals surface area (Å²) in [5.74, 6) is 0.702. The third-order valence-electron chi connectivity index (χ3n) is 2.31. The number of hydrogen-bond acceptors (Lipinski definition) is 3. The number of rotatable bonds is 0. The Morgan fingerprint density at radius 1 is 1.57 bits per heavy atom. The molecule has 1 heterocycles. The zero-order valence-electron chi connectivity index (χ0n) is 7.46. The van der Waals surface area contributed by atoms with Crippen LogP contribution in [-0.2, 0) is 0 Å². The second-order valence-corrected chi connectivity index (χ2v) is 3.63. The van der Waals surface area contributed by atoms with Gasteiger partial charge in [-0.25, -0.2) is 0 Å². The van der Waals surface area contributed by atoms with Crippen LogP contribution >= 0.6 is 11.6 Å². The average Bonchev–Trinajstić information content (AvgIpc) is 2.17. The van der Waals surface area contributed by atoms with Crippen molar-refractivity contribution in [3.05, 3.63) is 28.3 Å². The molecule has 0 amide bonds. The molecule has 72 valence electrons. The molecule has 14 heavy (non-hydrogen) atoms. The van der Waals surface area contributed by atoms with Gasteiger partial charge in [0, 0.05) is 24.1 Å². The van der Waals surface area contributed by atoms with Crippen LogP contribution < -0.4 is 10.5 Å². The van der Waals surface area contributed by atoms with Crippen molar-refractivity contribution in [1.82, 2.24) is 0 Å². The summed E-state index contributed by atoms with van der Waals surface area (Å²) in [6.45, 7) is 0.608. The summed E-state index contributed by atoms with van der Waals surface area (Å²) in [6, 6.07) is 5.34. The molecule has 0 bridgehead atoms. The van der Waals surface area contributed by atoms with E-state index >= 15 is 0 Å². The van der Waals surface area contributed by atoms with Crippen LogP contribution in [0.5, 0.6) is 5.75 Å². The quantitative estimate of drug-likeness (QED) is 0.710. The molecule has 0 spiro atoms. The van der Waals surface area contributed by atoms with E-state index in [9.17, 15) is 0 Å². The van der Waals surface area contributed by atoms with E-state index < -0.39 is 0 Å². The van der Waals surface area contributed by atoms with Crippen LogP contribution in [0.3, 0.4) is 0 Å². The molecule has 1 aromatic rings. The second kappa shape index (κ2) is 3.49. The topological polar surface area (TPSA) is 59.0 Å². The lowest BCUT2D eigenvalue weighted by atomic mass is 9.99. The van der Waals surface area contributed by atoms with Gasteiger partial charge in [0.2, 0.25) is 0 Å². The fraction of sp³-hybridized carbons (Fsp3) is 0.300. The summed E-state index contributed by atoms with van der Waals surface area (Å²) < 4.78 is 5.40. The molecule has 1 aliphatic rings. The first kappa shape index (κ1) is 9.32. The fourth-order valence-electron chi connectivity index (χ4n) is 1.52. The van der Waals surface area contributed by atoms with Gasteiger partial charge in [-0.2, -0.15) is 5.26 Å². The Labute approximate surface area is 87.0 Å². The van der Waals surface area contributed by atoms with E-state index in [2.05, 4.69) is 0 Å². The third-order valence-corrected chi connectivity index (χ3v) is 2.62. The van der Waals surface area contributed by atoms with Crippen LogP contribution in [0.4, 0.5) is 0 Å². The minimum absolute atomic E-state index is 0.0527. The summed E-state index contributed by atoms with van der Waals surface area (Å²) >= 11 is 5.87. The Morgan fingerprint density at radius 3 is 3.07 bits per heavy atom. The average molecular weight is 209 g/mol. The number of fused-ring (bicyclic) bond motifs is 1. The van der Waals surface area contributed by atoms with Gasteiger partial charge < -0.3 is 10.5 Å². The maximum absolute atomic E-state index is 8.79. The molecule has 2 rings (SSSR count). The van der Waals surface area contributed by atoms with Crippen molar-refractivity contribution in [2.45, 2.75) is 12.5 Å². The van der Waals surface area contributed by atoms with Gasteiger partial charge >= 0.3 is 0 Å². The lowest BCUT2D eigenvalue weighted by Crippen LogP contribution is -2.20. The maximum Gasteiger partial charge on any atom is 0.125 e. The minimum atomic E-state index is -0.0527. The van der Waals surface area contributed by atoms with Gasteiger partial charge in [-0.1, -0.05) is 11.6 Å². The van der Waals surface area contributed by atoms with Crippen molar-refractivity contribution in [1.29, 1.82) is 5.26 Å². The van der Waals surface area contributed by atoms with E-state index in [1.54, 1.807) is 12.1 Å². The molecule has 3 nitrogen and oxygen atoms in total. The molecule has 1 unspecified atom stereocenters.